The predicted octanol–water partition coefficient (Wildman–Crippen LogP) is 0.486. The lowest BCUT2D eigenvalue weighted by Crippen LogP contribution is -2.30. The fourth-order valence-electron chi connectivity index (χ4n) is 1.35. The lowest BCUT2D eigenvalue weighted by atomic mass is 10.2. The Balaban J connectivity index is 0.00000324. The van der Waals surface area contributed by atoms with E-state index in [1.807, 2.05) is 6.07 Å². The summed E-state index contributed by atoms with van der Waals surface area (Å²) in [7, 11) is -0.528. The molecule has 6 nitrogen and oxygen atoms in total. The van der Waals surface area contributed by atoms with Gasteiger partial charge < -0.3 is 10.1 Å². The summed E-state index contributed by atoms with van der Waals surface area (Å²) in [5, 5.41) is 11.6. The Labute approximate surface area is 119 Å². The second-order valence-electron chi connectivity index (χ2n) is 3.48. The number of benzene rings is 1. The number of hydrogen-bond donors (Lipinski definition) is 2. The molecule has 1 aromatic carbocycles. The van der Waals surface area contributed by atoms with Gasteiger partial charge >= 0.3 is 0 Å². The van der Waals surface area contributed by atoms with Gasteiger partial charge in [-0.25, -0.2) is 13.1 Å². The largest absolute Gasteiger partial charge is 0.495 e. The Morgan fingerprint density at radius 1 is 1.37 bits per heavy atom. The van der Waals surface area contributed by atoms with E-state index in [0.717, 1.165) is 0 Å². The standard InChI is InChI=1S/C11H15N3O3S.ClH/c1-13-5-6-14-18(15,16)11-4-3-9(8-12)7-10(11)17-2;/h3-4,7,13-14H,5-6H2,1-2H3;1H. The van der Waals surface area contributed by atoms with Crippen LogP contribution < -0.4 is 14.8 Å². The average molecular weight is 306 g/mol. The second kappa shape index (κ2) is 7.96. The highest BCUT2D eigenvalue weighted by atomic mass is 35.5. The molecule has 0 fully saturated rings. The van der Waals surface area contributed by atoms with Crippen LogP contribution in [0.25, 0.3) is 0 Å². The number of sulfonamides is 1. The average Bonchev–Trinajstić information content (AvgIpc) is 2.38. The Morgan fingerprint density at radius 2 is 2.05 bits per heavy atom. The minimum Gasteiger partial charge on any atom is -0.495 e. The van der Waals surface area contributed by atoms with Gasteiger partial charge in [-0.05, 0) is 25.2 Å². The minimum atomic E-state index is -3.62. The summed E-state index contributed by atoms with van der Waals surface area (Å²) >= 11 is 0. The van der Waals surface area contributed by atoms with E-state index in [1.54, 1.807) is 7.05 Å². The topological polar surface area (TPSA) is 91.2 Å². The molecule has 0 spiro atoms. The highest BCUT2D eigenvalue weighted by molar-refractivity contribution is 7.89. The van der Waals surface area contributed by atoms with Crippen molar-refractivity contribution >= 4 is 22.4 Å². The zero-order valence-corrected chi connectivity index (χ0v) is 12.3. The van der Waals surface area contributed by atoms with Crippen molar-refractivity contribution in [2.24, 2.45) is 0 Å². The number of methoxy groups -OCH3 is 1. The quantitative estimate of drug-likeness (QED) is 0.746. The summed E-state index contributed by atoms with van der Waals surface area (Å²) in [6, 6.07) is 6.12. The summed E-state index contributed by atoms with van der Waals surface area (Å²) in [5.41, 5.74) is 0.348. The molecule has 2 N–H and O–H groups in total. The lowest BCUT2D eigenvalue weighted by Gasteiger charge is -2.10. The minimum absolute atomic E-state index is 0. The van der Waals surface area contributed by atoms with Crippen molar-refractivity contribution in [2.45, 2.75) is 4.90 Å². The molecule has 0 bridgehead atoms. The number of ether oxygens (including phenoxy) is 1. The number of halogens is 1. The van der Waals surface area contributed by atoms with Crippen LogP contribution in [0.2, 0.25) is 0 Å². The maximum Gasteiger partial charge on any atom is 0.244 e. The maximum atomic E-state index is 12.0. The van der Waals surface area contributed by atoms with Crippen LogP contribution in [0.15, 0.2) is 23.1 Å². The first-order valence-corrected chi connectivity index (χ1v) is 6.76. The van der Waals surface area contributed by atoms with E-state index in [-0.39, 0.29) is 29.6 Å². The Kier molecular flexibility index (Phi) is 7.41. The molecule has 0 radical (unpaired) electrons. The van der Waals surface area contributed by atoms with Crippen molar-refractivity contribution < 1.29 is 13.2 Å². The zero-order chi connectivity index (χ0) is 13.6. The molecule has 19 heavy (non-hydrogen) atoms. The first kappa shape index (κ1) is 17.7. The summed E-state index contributed by atoms with van der Waals surface area (Å²) in [4.78, 5) is 0.0279. The van der Waals surface area contributed by atoms with Crippen molar-refractivity contribution in [1.29, 1.82) is 5.26 Å². The third-order valence-corrected chi connectivity index (χ3v) is 3.75. The number of hydrogen-bond acceptors (Lipinski definition) is 5. The van der Waals surface area contributed by atoms with Crippen molar-refractivity contribution in [3.63, 3.8) is 0 Å². The van der Waals surface area contributed by atoms with Crippen LogP contribution in [0, 0.1) is 11.3 Å². The van der Waals surface area contributed by atoms with Gasteiger partial charge in [-0.3, -0.25) is 0 Å². The summed E-state index contributed by atoms with van der Waals surface area (Å²) in [6.45, 7) is 0.805. The van der Waals surface area contributed by atoms with E-state index in [0.29, 0.717) is 12.1 Å². The molecule has 0 saturated heterocycles. The van der Waals surface area contributed by atoms with Crippen LogP contribution in [0.1, 0.15) is 5.56 Å². The molecule has 0 aliphatic carbocycles. The SMILES string of the molecule is CNCCNS(=O)(=O)c1ccc(C#N)cc1OC.Cl. The molecule has 106 valence electrons. The highest BCUT2D eigenvalue weighted by Crippen LogP contribution is 2.24. The van der Waals surface area contributed by atoms with Crippen LogP contribution in [-0.2, 0) is 10.0 Å². The van der Waals surface area contributed by atoms with Crippen molar-refractivity contribution in [3.05, 3.63) is 23.8 Å². The molecule has 0 atom stereocenters. The van der Waals surface area contributed by atoms with Gasteiger partial charge in [0.25, 0.3) is 0 Å². The Morgan fingerprint density at radius 3 is 2.58 bits per heavy atom. The van der Waals surface area contributed by atoms with Crippen LogP contribution in [0.5, 0.6) is 5.75 Å². The molecule has 8 heteroatoms. The number of rotatable bonds is 6. The molecule has 1 rings (SSSR count). The molecule has 0 aliphatic rings. The summed E-state index contributed by atoms with van der Waals surface area (Å²) in [5.74, 6) is 0.158. The van der Waals surface area contributed by atoms with E-state index in [2.05, 4.69) is 10.0 Å². The first-order chi connectivity index (χ1) is 8.55. The van der Waals surface area contributed by atoms with E-state index in [1.165, 1.54) is 25.3 Å². The smallest absolute Gasteiger partial charge is 0.244 e. The molecule has 0 saturated carbocycles. The molecule has 0 unspecified atom stereocenters. The number of nitrogens with zero attached hydrogens (tertiary/aromatic N) is 1. The van der Waals surface area contributed by atoms with Gasteiger partial charge in [0.2, 0.25) is 10.0 Å². The van der Waals surface area contributed by atoms with Crippen molar-refractivity contribution in [3.8, 4) is 11.8 Å². The maximum absolute atomic E-state index is 12.0. The van der Waals surface area contributed by atoms with Crippen molar-refractivity contribution in [2.75, 3.05) is 27.2 Å². The van der Waals surface area contributed by atoms with Gasteiger partial charge in [-0.1, -0.05) is 0 Å². The lowest BCUT2D eigenvalue weighted by molar-refractivity contribution is 0.402. The van der Waals surface area contributed by atoms with Crippen molar-refractivity contribution in [1.82, 2.24) is 10.0 Å². The number of likely N-dealkylation sites (N-methyl/N-ethyl adjacent to an activating group) is 1. The number of nitrogens with one attached hydrogen (secondary N) is 2. The Hall–Kier alpha value is -1.33. The van der Waals surface area contributed by atoms with E-state index in [4.69, 9.17) is 10.00 Å². The summed E-state index contributed by atoms with van der Waals surface area (Å²) in [6.07, 6.45) is 0. The molecular weight excluding hydrogens is 290 g/mol. The van der Waals surface area contributed by atoms with Gasteiger partial charge in [0.1, 0.15) is 10.6 Å². The van der Waals surface area contributed by atoms with Gasteiger partial charge in [0.05, 0.1) is 18.7 Å². The van der Waals surface area contributed by atoms with Crippen LogP contribution >= 0.6 is 12.4 Å². The fraction of sp³-hybridized carbons (Fsp3) is 0.364. The monoisotopic (exact) mass is 305 g/mol. The third kappa shape index (κ3) is 4.69. The molecule has 1 aromatic rings. The van der Waals surface area contributed by atoms with Gasteiger partial charge in [-0.2, -0.15) is 5.26 Å². The van der Waals surface area contributed by atoms with Crippen LogP contribution in [0.3, 0.4) is 0 Å². The highest BCUT2D eigenvalue weighted by Gasteiger charge is 2.19. The molecular formula is C11H16ClN3O3S. The molecule has 0 aromatic heterocycles. The van der Waals surface area contributed by atoms with Crippen LogP contribution in [0.4, 0.5) is 0 Å². The predicted molar refractivity (Wildman–Crippen MR) is 74.1 cm³/mol. The number of nitriles is 1. The third-order valence-electron chi connectivity index (χ3n) is 2.25. The molecule has 0 amide bonds. The second-order valence-corrected chi connectivity index (χ2v) is 5.21. The normalized spacial score (nSPS) is 10.4. The van der Waals surface area contributed by atoms with Gasteiger partial charge in [-0.15, -0.1) is 12.4 Å². The van der Waals surface area contributed by atoms with E-state index in [9.17, 15) is 8.42 Å². The summed E-state index contributed by atoms with van der Waals surface area (Å²) < 4.78 is 31.4. The zero-order valence-electron chi connectivity index (χ0n) is 10.6. The molecule has 0 aliphatic heterocycles. The van der Waals surface area contributed by atoms with Crippen LogP contribution in [-0.4, -0.2) is 35.7 Å². The van der Waals surface area contributed by atoms with Gasteiger partial charge in [0.15, 0.2) is 0 Å². The van der Waals surface area contributed by atoms with E-state index >= 15 is 0 Å². The molecule has 0 heterocycles. The first-order valence-electron chi connectivity index (χ1n) is 5.27. The van der Waals surface area contributed by atoms with E-state index < -0.39 is 10.0 Å². The Bertz CT molecular complexity index is 555. The fourth-order valence-corrected chi connectivity index (χ4v) is 2.53. The van der Waals surface area contributed by atoms with Gasteiger partial charge in [0, 0.05) is 13.1 Å².